The van der Waals surface area contributed by atoms with Crippen LogP contribution in [-0.4, -0.2) is 46.7 Å². The Morgan fingerprint density at radius 1 is 1.03 bits per heavy atom. The van der Waals surface area contributed by atoms with Gasteiger partial charge in [0.25, 0.3) is 5.91 Å². The summed E-state index contributed by atoms with van der Waals surface area (Å²) in [5.41, 5.74) is 2.53. The van der Waals surface area contributed by atoms with E-state index in [1.54, 1.807) is 45.4 Å². The summed E-state index contributed by atoms with van der Waals surface area (Å²) in [5.74, 6) is -0.286. The van der Waals surface area contributed by atoms with Crippen LogP contribution in [0.2, 0.25) is 0 Å². The Kier molecular flexibility index (Phi) is 5.83. The summed E-state index contributed by atoms with van der Waals surface area (Å²) in [4.78, 5) is 12.9. The first-order chi connectivity index (χ1) is 14.5. The van der Waals surface area contributed by atoms with Gasteiger partial charge in [0, 0.05) is 30.9 Å². The van der Waals surface area contributed by atoms with Crippen molar-refractivity contribution < 1.29 is 13.2 Å². The number of carbonyl (C=O) groups is 1. The highest BCUT2D eigenvalue weighted by Gasteiger charge is 2.25. The van der Waals surface area contributed by atoms with E-state index < -0.39 is 10.0 Å². The molecular weight excluding hydrogens is 402 g/mol. The fourth-order valence-corrected chi connectivity index (χ4v) is 5.21. The topological polar surface area (TPSA) is 97.2 Å². The van der Waals surface area contributed by atoms with Gasteiger partial charge in [0.15, 0.2) is 0 Å². The Morgan fingerprint density at radius 3 is 2.40 bits per heavy atom. The van der Waals surface area contributed by atoms with Crippen LogP contribution in [-0.2, 0) is 16.6 Å². The number of aryl methyl sites for hydroxylation is 1. The summed E-state index contributed by atoms with van der Waals surface area (Å²) in [7, 11) is -3.50. The number of carbonyl (C=O) groups excluding carboxylic acids is 1. The summed E-state index contributed by atoms with van der Waals surface area (Å²) < 4.78 is 29.1. The van der Waals surface area contributed by atoms with E-state index in [-0.39, 0.29) is 10.8 Å². The highest BCUT2D eigenvalue weighted by atomic mass is 32.2. The minimum absolute atomic E-state index is 0.250. The fourth-order valence-electron chi connectivity index (χ4n) is 3.69. The maximum atomic E-state index is 12.9. The molecule has 158 valence electrons. The first-order valence-corrected chi connectivity index (χ1v) is 11.7. The van der Waals surface area contributed by atoms with Crippen LogP contribution < -0.4 is 5.32 Å². The van der Waals surface area contributed by atoms with Gasteiger partial charge in [0.1, 0.15) is 5.52 Å². The van der Waals surface area contributed by atoms with Crippen LogP contribution in [0, 0.1) is 0 Å². The Bertz CT molecular complexity index is 1150. The van der Waals surface area contributed by atoms with Gasteiger partial charge < -0.3 is 5.32 Å². The van der Waals surface area contributed by atoms with Crippen LogP contribution in [0.15, 0.2) is 47.4 Å². The molecular formula is C21H25N5O3S. The molecule has 2 aromatic carbocycles. The van der Waals surface area contributed by atoms with Crippen LogP contribution in [0.25, 0.3) is 11.0 Å². The fraction of sp³-hybridized carbons (Fsp3) is 0.381. The smallest absolute Gasteiger partial charge is 0.255 e. The SMILES string of the molecule is CCn1nnc2cc(C(=O)Nc3ccc(S(=O)(=O)N4CCCCCC4)cc3)ccc21. The third kappa shape index (κ3) is 4.08. The van der Waals surface area contributed by atoms with E-state index in [2.05, 4.69) is 15.6 Å². The monoisotopic (exact) mass is 427 g/mol. The number of fused-ring (bicyclic) bond motifs is 1. The quantitative estimate of drug-likeness (QED) is 0.674. The highest BCUT2D eigenvalue weighted by molar-refractivity contribution is 7.89. The summed E-state index contributed by atoms with van der Waals surface area (Å²) in [6, 6.07) is 11.6. The van der Waals surface area contributed by atoms with E-state index >= 15 is 0 Å². The minimum Gasteiger partial charge on any atom is -0.322 e. The maximum Gasteiger partial charge on any atom is 0.255 e. The molecule has 1 fully saturated rings. The number of nitrogens with one attached hydrogen (secondary N) is 1. The number of nitrogens with zero attached hydrogens (tertiary/aromatic N) is 4. The second kappa shape index (κ2) is 8.53. The van der Waals surface area contributed by atoms with Crippen molar-refractivity contribution in [2.75, 3.05) is 18.4 Å². The largest absolute Gasteiger partial charge is 0.322 e. The first-order valence-electron chi connectivity index (χ1n) is 10.2. The molecule has 0 unspecified atom stereocenters. The Balaban J connectivity index is 1.48. The molecule has 0 spiro atoms. The lowest BCUT2D eigenvalue weighted by Crippen LogP contribution is -2.31. The molecule has 2 heterocycles. The second-order valence-corrected chi connectivity index (χ2v) is 9.34. The van der Waals surface area contributed by atoms with Crippen molar-refractivity contribution in [3.05, 3.63) is 48.0 Å². The minimum atomic E-state index is -3.50. The van der Waals surface area contributed by atoms with Crippen LogP contribution in [0.5, 0.6) is 0 Å². The Hall–Kier alpha value is -2.78. The standard InChI is InChI=1S/C21H25N5O3S/c1-2-26-20-12-7-16(15-19(20)23-24-26)21(27)22-17-8-10-18(11-9-17)30(28,29)25-13-5-3-4-6-14-25/h7-12,15H,2-6,13-14H2,1H3,(H,22,27). The lowest BCUT2D eigenvalue weighted by Gasteiger charge is -2.20. The molecule has 1 saturated heterocycles. The Morgan fingerprint density at radius 2 is 1.73 bits per heavy atom. The van der Waals surface area contributed by atoms with Gasteiger partial charge in [0.05, 0.1) is 10.4 Å². The van der Waals surface area contributed by atoms with Crippen LogP contribution in [0.1, 0.15) is 43.0 Å². The molecule has 0 saturated carbocycles. The molecule has 1 amide bonds. The average Bonchev–Trinajstić information content (AvgIpc) is 2.96. The van der Waals surface area contributed by atoms with Crippen molar-refractivity contribution in [3.63, 3.8) is 0 Å². The molecule has 1 aliphatic heterocycles. The number of amides is 1. The maximum absolute atomic E-state index is 12.9. The molecule has 0 aliphatic carbocycles. The molecule has 9 heteroatoms. The highest BCUT2D eigenvalue weighted by Crippen LogP contribution is 2.22. The molecule has 3 aromatic rings. The predicted octanol–water partition coefficient (Wildman–Crippen LogP) is 3.27. The van der Waals surface area contributed by atoms with E-state index in [1.165, 1.54) is 0 Å². The molecule has 1 aliphatic rings. The van der Waals surface area contributed by atoms with Gasteiger partial charge >= 0.3 is 0 Å². The molecule has 30 heavy (non-hydrogen) atoms. The number of anilines is 1. The van der Waals surface area contributed by atoms with E-state index in [0.717, 1.165) is 31.2 Å². The number of rotatable bonds is 5. The Labute approximate surface area is 175 Å². The summed E-state index contributed by atoms with van der Waals surface area (Å²) in [6.45, 7) is 3.80. The molecule has 4 rings (SSSR count). The van der Waals surface area contributed by atoms with Gasteiger partial charge in [-0.3, -0.25) is 4.79 Å². The number of hydrogen-bond acceptors (Lipinski definition) is 5. The number of hydrogen-bond donors (Lipinski definition) is 1. The average molecular weight is 428 g/mol. The van der Waals surface area contributed by atoms with Crippen LogP contribution >= 0.6 is 0 Å². The lowest BCUT2D eigenvalue weighted by molar-refractivity contribution is 0.102. The van der Waals surface area contributed by atoms with Crippen LogP contribution in [0.4, 0.5) is 5.69 Å². The van der Waals surface area contributed by atoms with Crippen molar-refractivity contribution in [2.24, 2.45) is 0 Å². The zero-order valence-corrected chi connectivity index (χ0v) is 17.7. The van der Waals surface area contributed by atoms with Crippen molar-refractivity contribution in [1.29, 1.82) is 0 Å². The predicted molar refractivity (Wildman–Crippen MR) is 115 cm³/mol. The van der Waals surface area contributed by atoms with E-state index in [9.17, 15) is 13.2 Å². The van der Waals surface area contributed by atoms with Gasteiger partial charge in [-0.25, -0.2) is 13.1 Å². The third-order valence-corrected chi connectivity index (χ3v) is 7.30. The van der Waals surface area contributed by atoms with Gasteiger partial charge in [-0.2, -0.15) is 4.31 Å². The zero-order valence-electron chi connectivity index (χ0n) is 16.9. The summed E-state index contributed by atoms with van der Waals surface area (Å²) in [5, 5.41) is 10.9. The van der Waals surface area contributed by atoms with Crippen molar-refractivity contribution in [3.8, 4) is 0 Å². The second-order valence-electron chi connectivity index (χ2n) is 7.41. The molecule has 0 radical (unpaired) electrons. The molecule has 0 atom stereocenters. The van der Waals surface area contributed by atoms with Crippen molar-refractivity contribution in [2.45, 2.75) is 44.0 Å². The number of aromatic nitrogens is 3. The van der Waals surface area contributed by atoms with Crippen LogP contribution in [0.3, 0.4) is 0 Å². The van der Waals surface area contributed by atoms with E-state index in [1.807, 2.05) is 13.0 Å². The van der Waals surface area contributed by atoms with Crippen molar-refractivity contribution in [1.82, 2.24) is 19.3 Å². The number of benzene rings is 2. The summed E-state index contributed by atoms with van der Waals surface area (Å²) >= 11 is 0. The molecule has 1 aromatic heterocycles. The lowest BCUT2D eigenvalue weighted by atomic mass is 10.2. The van der Waals surface area contributed by atoms with E-state index in [0.29, 0.717) is 36.4 Å². The van der Waals surface area contributed by atoms with Gasteiger partial charge in [-0.15, -0.1) is 5.10 Å². The summed E-state index contributed by atoms with van der Waals surface area (Å²) in [6.07, 6.45) is 3.92. The van der Waals surface area contributed by atoms with E-state index in [4.69, 9.17) is 0 Å². The third-order valence-electron chi connectivity index (χ3n) is 5.39. The molecule has 0 bridgehead atoms. The van der Waals surface area contributed by atoms with Gasteiger partial charge in [-0.05, 0) is 62.2 Å². The molecule has 8 nitrogen and oxygen atoms in total. The number of sulfonamides is 1. The zero-order chi connectivity index (χ0) is 21.1. The normalized spacial score (nSPS) is 15.8. The van der Waals surface area contributed by atoms with Crippen molar-refractivity contribution >= 4 is 32.7 Å². The first kappa shape index (κ1) is 20.5. The van der Waals surface area contributed by atoms with Gasteiger partial charge in [0.2, 0.25) is 10.0 Å². The molecule has 1 N–H and O–H groups in total. The van der Waals surface area contributed by atoms with Gasteiger partial charge in [-0.1, -0.05) is 18.1 Å².